The van der Waals surface area contributed by atoms with Crippen molar-refractivity contribution in [2.45, 2.75) is 12.7 Å². The van der Waals surface area contributed by atoms with Gasteiger partial charge in [0, 0.05) is 5.39 Å². The van der Waals surface area contributed by atoms with Crippen molar-refractivity contribution in [3.8, 4) is 0 Å². The van der Waals surface area contributed by atoms with E-state index in [0.717, 1.165) is 12.1 Å². The minimum Gasteiger partial charge on any atom is -0.324 e. The van der Waals surface area contributed by atoms with Gasteiger partial charge in [0.15, 0.2) is 0 Å². The Morgan fingerprint density at radius 2 is 1.94 bits per heavy atom. The maximum absolute atomic E-state index is 12.5. The second-order valence-corrected chi connectivity index (χ2v) is 3.72. The zero-order chi connectivity index (χ0) is 12.6. The Balaban J connectivity index is 2.67. The van der Waals surface area contributed by atoms with Crippen LogP contribution in [0.25, 0.3) is 10.9 Å². The van der Waals surface area contributed by atoms with Crippen LogP contribution in [0.15, 0.2) is 18.2 Å². The van der Waals surface area contributed by atoms with Gasteiger partial charge in [-0.05, 0) is 18.2 Å². The molecule has 2 N–H and O–H groups in total. The van der Waals surface area contributed by atoms with Crippen molar-refractivity contribution < 1.29 is 13.2 Å². The van der Waals surface area contributed by atoms with Crippen LogP contribution in [0.3, 0.4) is 0 Å². The van der Waals surface area contributed by atoms with Gasteiger partial charge in [-0.2, -0.15) is 13.2 Å². The fourth-order valence-electron chi connectivity index (χ4n) is 1.40. The van der Waals surface area contributed by atoms with Crippen molar-refractivity contribution in [3.05, 3.63) is 34.7 Å². The molecule has 2 rings (SSSR count). The molecule has 0 saturated carbocycles. The Hall–Kier alpha value is -1.40. The maximum Gasteiger partial charge on any atom is 0.416 e. The quantitative estimate of drug-likeness (QED) is 0.803. The van der Waals surface area contributed by atoms with E-state index in [2.05, 4.69) is 9.97 Å². The van der Waals surface area contributed by atoms with Crippen LogP contribution in [0.2, 0.25) is 5.15 Å². The van der Waals surface area contributed by atoms with Gasteiger partial charge in [0.05, 0.1) is 17.6 Å². The maximum atomic E-state index is 12.5. The Kier molecular flexibility index (Phi) is 2.92. The first-order chi connectivity index (χ1) is 7.91. The Morgan fingerprint density at radius 3 is 2.53 bits per heavy atom. The lowest BCUT2D eigenvalue weighted by Gasteiger charge is -2.08. The second-order valence-electron chi connectivity index (χ2n) is 3.36. The van der Waals surface area contributed by atoms with E-state index in [9.17, 15) is 13.2 Å². The summed E-state index contributed by atoms with van der Waals surface area (Å²) in [6, 6.07) is 3.13. The van der Waals surface area contributed by atoms with Gasteiger partial charge < -0.3 is 5.73 Å². The van der Waals surface area contributed by atoms with Gasteiger partial charge in [0.25, 0.3) is 0 Å². The first-order valence-electron chi connectivity index (χ1n) is 4.65. The molecule has 1 aromatic heterocycles. The standard InChI is InChI=1S/C10H7ClF3N3/c11-9-6-3-5(10(12,13)14)1-2-7(6)16-8(4-15)17-9/h1-3H,4,15H2. The van der Waals surface area contributed by atoms with Crippen LogP contribution in [0.5, 0.6) is 0 Å². The average molecular weight is 262 g/mol. The zero-order valence-electron chi connectivity index (χ0n) is 8.42. The van der Waals surface area contributed by atoms with Crippen LogP contribution >= 0.6 is 11.6 Å². The molecule has 0 amide bonds. The van der Waals surface area contributed by atoms with Crippen LogP contribution < -0.4 is 5.73 Å². The van der Waals surface area contributed by atoms with E-state index in [0.29, 0.717) is 11.3 Å². The largest absolute Gasteiger partial charge is 0.416 e. The van der Waals surface area contributed by atoms with E-state index in [1.807, 2.05) is 0 Å². The Labute approximate surface area is 99.4 Å². The number of hydrogen-bond acceptors (Lipinski definition) is 3. The SMILES string of the molecule is NCc1nc(Cl)c2cc(C(F)(F)F)ccc2n1. The molecule has 0 aliphatic rings. The summed E-state index contributed by atoms with van der Waals surface area (Å²) in [6.45, 7) is 0.0800. The Bertz CT molecular complexity index is 568. The fourth-order valence-corrected chi connectivity index (χ4v) is 1.65. The summed E-state index contributed by atoms with van der Waals surface area (Å²) in [7, 11) is 0. The summed E-state index contributed by atoms with van der Waals surface area (Å²) in [6.07, 6.45) is -4.41. The van der Waals surface area contributed by atoms with Crippen molar-refractivity contribution in [2.75, 3.05) is 0 Å². The highest BCUT2D eigenvalue weighted by Gasteiger charge is 2.30. The van der Waals surface area contributed by atoms with Crippen molar-refractivity contribution in [1.29, 1.82) is 0 Å². The number of hydrogen-bond donors (Lipinski definition) is 1. The molecule has 0 aliphatic carbocycles. The summed E-state index contributed by atoms with van der Waals surface area (Å²) in [4.78, 5) is 7.79. The molecule has 3 nitrogen and oxygen atoms in total. The number of nitrogens with zero attached hydrogens (tertiary/aromatic N) is 2. The molecule has 2 aromatic rings. The van der Waals surface area contributed by atoms with E-state index in [1.165, 1.54) is 6.07 Å². The second kappa shape index (κ2) is 4.12. The molecule has 0 aliphatic heterocycles. The van der Waals surface area contributed by atoms with E-state index in [4.69, 9.17) is 17.3 Å². The van der Waals surface area contributed by atoms with Crippen molar-refractivity contribution in [2.24, 2.45) is 5.73 Å². The van der Waals surface area contributed by atoms with Crippen LogP contribution in [-0.4, -0.2) is 9.97 Å². The van der Waals surface area contributed by atoms with Crippen molar-refractivity contribution in [3.63, 3.8) is 0 Å². The van der Waals surface area contributed by atoms with Gasteiger partial charge in [-0.3, -0.25) is 0 Å². The molecule has 7 heteroatoms. The number of alkyl halides is 3. The predicted octanol–water partition coefficient (Wildman–Crippen LogP) is 2.76. The average Bonchev–Trinajstić information content (AvgIpc) is 2.27. The molecule has 0 spiro atoms. The first kappa shape index (κ1) is 12.1. The molecular formula is C10H7ClF3N3. The third-order valence-electron chi connectivity index (χ3n) is 2.21. The summed E-state index contributed by atoms with van der Waals surface area (Å²) in [5, 5.41) is 0.139. The third-order valence-corrected chi connectivity index (χ3v) is 2.49. The van der Waals surface area contributed by atoms with E-state index < -0.39 is 11.7 Å². The predicted molar refractivity (Wildman–Crippen MR) is 57.4 cm³/mol. The lowest BCUT2D eigenvalue weighted by molar-refractivity contribution is -0.137. The van der Waals surface area contributed by atoms with Crippen molar-refractivity contribution in [1.82, 2.24) is 9.97 Å². The highest BCUT2D eigenvalue weighted by atomic mass is 35.5. The van der Waals surface area contributed by atoms with Gasteiger partial charge in [-0.15, -0.1) is 0 Å². The Morgan fingerprint density at radius 1 is 1.24 bits per heavy atom. The topological polar surface area (TPSA) is 51.8 Å². The highest BCUT2D eigenvalue weighted by molar-refractivity contribution is 6.34. The fraction of sp³-hybridized carbons (Fsp3) is 0.200. The van der Waals surface area contributed by atoms with Crippen LogP contribution in [0, 0.1) is 0 Å². The molecule has 0 radical (unpaired) electrons. The van der Waals surface area contributed by atoms with Crippen LogP contribution in [0.1, 0.15) is 11.4 Å². The van der Waals surface area contributed by atoms with E-state index in [-0.39, 0.29) is 17.1 Å². The highest BCUT2D eigenvalue weighted by Crippen LogP contribution is 2.32. The number of rotatable bonds is 1. The smallest absolute Gasteiger partial charge is 0.324 e. The minimum absolute atomic E-state index is 0.0263. The zero-order valence-corrected chi connectivity index (χ0v) is 9.18. The molecule has 1 aromatic carbocycles. The molecule has 17 heavy (non-hydrogen) atoms. The summed E-state index contributed by atoms with van der Waals surface area (Å²) >= 11 is 5.79. The lowest BCUT2D eigenvalue weighted by Crippen LogP contribution is -2.06. The number of benzene rings is 1. The number of aromatic nitrogens is 2. The molecule has 90 valence electrons. The molecule has 0 atom stereocenters. The normalized spacial score (nSPS) is 12.1. The summed E-state index contributed by atoms with van der Waals surface area (Å²) in [5.41, 5.74) is 4.91. The van der Waals surface area contributed by atoms with Gasteiger partial charge in [-0.25, -0.2) is 9.97 Å². The minimum atomic E-state index is -4.41. The van der Waals surface area contributed by atoms with Gasteiger partial charge in [-0.1, -0.05) is 11.6 Å². The number of fused-ring (bicyclic) bond motifs is 1. The van der Waals surface area contributed by atoms with Gasteiger partial charge in [0.2, 0.25) is 0 Å². The van der Waals surface area contributed by atoms with Gasteiger partial charge in [0.1, 0.15) is 11.0 Å². The molecule has 0 bridgehead atoms. The molecule has 0 fully saturated rings. The summed E-state index contributed by atoms with van der Waals surface area (Å²) in [5.74, 6) is 0.294. The number of nitrogens with two attached hydrogens (primary N) is 1. The molecule has 0 unspecified atom stereocenters. The number of halogens is 4. The molecule has 0 saturated heterocycles. The molecule has 1 heterocycles. The van der Waals surface area contributed by atoms with Crippen molar-refractivity contribution >= 4 is 22.5 Å². The monoisotopic (exact) mass is 261 g/mol. The third kappa shape index (κ3) is 2.32. The van der Waals surface area contributed by atoms with Gasteiger partial charge >= 0.3 is 6.18 Å². The summed E-state index contributed by atoms with van der Waals surface area (Å²) < 4.78 is 37.5. The first-order valence-corrected chi connectivity index (χ1v) is 5.03. The van der Waals surface area contributed by atoms with E-state index in [1.54, 1.807) is 0 Å². The van der Waals surface area contributed by atoms with E-state index >= 15 is 0 Å². The van der Waals surface area contributed by atoms with Crippen LogP contribution in [-0.2, 0) is 12.7 Å². The molecular weight excluding hydrogens is 255 g/mol. The lowest BCUT2D eigenvalue weighted by atomic mass is 10.1. The van der Waals surface area contributed by atoms with Crippen LogP contribution in [0.4, 0.5) is 13.2 Å².